The average molecular weight is 321 g/mol. The second-order valence-electron chi connectivity index (χ2n) is 7.38. The molecule has 0 radical (unpaired) electrons. The van der Waals surface area contributed by atoms with Gasteiger partial charge in [-0.25, -0.2) is 0 Å². The number of nitrogens with two attached hydrogens (primary N) is 1. The molecule has 0 heterocycles. The monoisotopic (exact) mass is 321 g/mol. The molecule has 1 aliphatic rings. The molecule has 4 nitrogen and oxygen atoms in total. The third-order valence-electron chi connectivity index (χ3n) is 5.37. The largest absolute Gasteiger partial charge is 0.394 e. The summed E-state index contributed by atoms with van der Waals surface area (Å²) in [5.41, 5.74) is 7.06. The fourth-order valence-corrected chi connectivity index (χ4v) is 3.36. The summed E-state index contributed by atoms with van der Waals surface area (Å²) in [5.74, 6) is 1.16. The lowest BCUT2D eigenvalue weighted by molar-refractivity contribution is 0.0755. The fourth-order valence-electron chi connectivity index (χ4n) is 3.36. The van der Waals surface area contributed by atoms with Crippen molar-refractivity contribution < 1.29 is 15.3 Å². The summed E-state index contributed by atoms with van der Waals surface area (Å²) in [4.78, 5) is 0. The SMILES string of the molecule is CC1CCC(C(O)c2ccc(CCC(N)(CO)CO)cc2)CC1. The minimum atomic E-state index is -0.920. The first kappa shape index (κ1) is 18.4. The normalized spacial score (nSPS) is 23.7. The van der Waals surface area contributed by atoms with Crippen molar-refractivity contribution >= 4 is 0 Å². The Hall–Kier alpha value is -0.940. The predicted molar refractivity (Wildman–Crippen MR) is 91.9 cm³/mol. The highest BCUT2D eigenvalue weighted by Gasteiger charge is 2.26. The molecule has 2 rings (SSSR count). The van der Waals surface area contributed by atoms with Gasteiger partial charge in [-0.05, 0) is 48.6 Å². The van der Waals surface area contributed by atoms with Gasteiger partial charge in [-0.15, -0.1) is 0 Å². The van der Waals surface area contributed by atoms with Crippen LogP contribution in [0.1, 0.15) is 56.3 Å². The van der Waals surface area contributed by atoms with Gasteiger partial charge in [0.15, 0.2) is 0 Å². The molecule has 0 aliphatic heterocycles. The number of hydrogen-bond acceptors (Lipinski definition) is 4. The van der Waals surface area contributed by atoms with Crippen LogP contribution in [0.2, 0.25) is 0 Å². The van der Waals surface area contributed by atoms with Gasteiger partial charge in [0.1, 0.15) is 0 Å². The summed E-state index contributed by atoms with van der Waals surface area (Å²) in [6.07, 6.45) is 5.48. The van der Waals surface area contributed by atoms with Crippen LogP contribution in [0.5, 0.6) is 0 Å². The molecule has 1 unspecified atom stereocenters. The van der Waals surface area contributed by atoms with Gasteiger partial charge in [-0.1, -0.05) is 44.0 Å². The molecule has 1 saturated carbocycles. The molecule has 0 bridgehead atoms. The van der Waals surface area contributed by atoms with E-state index in [-0.39, 0.29) is 19.3 Å². The van der Waals surface area contributed by atoms with Crippen LogP contribution < -0.4 is 5.73 Å². The van der Waals surface area contributed by atoms with Gasteiger partial charge in [0.2, 0.25) is 0 Å². The van der Waals surface area contributed by atoms with Gasteiger partial charge in [-0.3, -0.25) is 0 Å². The summed E-state index contributed by atoms with van der Waals surface area (Å²) < 4.78 is 0. The molecular weight excluding hydrogens is 290 g/mol. The van der Waals surface area contributed by atoms with Crippen LogP contribution in [0.4, 0.5) is 0 Å². The van der Waals surface area contributed by atoms with E-state index in [4.69, 9.17) is 5.73 Å². The Morgan fingerprint density at radius 3 is 2.17 bits per heavy atom. The summed E-state index contributed by atoms with van der Waals surface area (Å²) in [7, 11) is 0. The minimum Gasteiger partial charge on any atom is -0.394 e. The van der Waals surface area contributed by atoms with Gasteiger partial charge in [-0.2, -0.15) is 0 Å². The van der Waals surface area contributed by atoms with Crippen LogP contribution in [0.15, 0.2) is 24.3 Å². The van der Waals surface area contributed by atoms with Crippen molar-refractivity contribution in [2.45, 2.75) is 57.1 Å². The zero-order valence-electron chi connectivity index (χ0n) is 14.1. The Kier molecular flexibility index (Phi) is 6.60. The lowest BCUT2D eigenvalue weighted by Gasteiger charge is -2.30. The van der Waals surface area contributed by atoms with E-state index in [0.29, 0.717) is 18.8 Å². The molecule has 1 aliphatic carbocycles. The van der Waals surface area contributed by atoms with Gasteiger partial charge in [0.05, 0.1) is 24.9 Å². The first-order chi connectivity index (χ1) is 11.0. The summed E-state index contributed by atoms with van der Waals surface area (Å²) in [6, 6.07) is 8.01. The molecule has 1 fully saturated rings. The molecule has 0 aromatic heterocycles. The molecule has 1 aromatic carbocycles. The number of rotatable bonds is 7. The lowest BCUT2D eigenvalue weighted by atomic mass is 9.78. The maximum atomic E-state index is 10.6. The minimum absolute atomic E-state index is 0.222. The Balaban J connectivity index is 1.91. The van der Waals surface area contributed by atoms with Crippen LogP contribution in [0.25, 0.3) is 0 Å². The molecule has 23 heavy (non-hydrogen) atoms. The van der Waals surface area contributed by atoms with E-state index < -0.39 is 5.54 Å². The van der Waals surface area contributed by atoms with Crippen molar-refractivity contribution in [3.63, 3.8) is 0 Å². The maximum absolute atomic E-state index is 10.6. The van der Waals surface area contributed by atoms with Crippen molar-refractivity contribution in [1.29, 1.82) is 0 Å². The highest BCUT2D eigenvalue weighted by atomic mass is 16.3. The van der Waals surface area contributed by atoms with Crippen LogP contribution in [0.3, 0.4) is 0 Å². The molecule has 0 saturated heterocycles. The van der Waals surface area contributed by atoms with Crippen LogP contribution >= 0.6 is 0 Å². The molecule has 0 spiro atoms. The van der Waals surface area contributed by atoms with Gasteiger partial charge < -0.3 is 21.1 Å². The van der Waals surface area contributed by atoms with E-state index in [0.717, 1.165) is 29.9 Å². The first-order valence-corrected chi connectivity index (χ1v) is 8.75. The van der Waals surface area contributed by atoms with E-state index in [1.807, 2.05) is 24.3 Å². The lowest BCUT2D eigenvalue weighted by Crippen LogP contribution is -2.47. The molecule has 4 heteroatoms. The Bertz CT molecular complexity index is 462. The summed E-state index contributed by atoms with van der Waals surface area (Å²) in [5, 5.41) is 29.0. The molecule has 130 valence electrons. The molecule has 1 atom stereocenters. The van der Waals surface area contributed by atoms with Crippen LogP contribution in [-0.4, -0.2) is 34.1 Å². The smallest absolute Gasteiger partial charge is 0.0818 e. The van der Waals surface area contributed by atoms with Gasteiger partial charge in [0.25, 0.3) is 0 Å². The van der Waals surface area contributed by atoms with Crippen LogP contribution in [-0.2, 0) is 6.42 Å². The summed E-state index contributed by atoms with van der Waals surface area (Å²) >= 11 is 0. The number of aliphatic hydroxyl groups excluding tert-OH is 3. The predicted octanol–water partition coefficient (Wildman–Crippen LogP) is 2.16. The van der Waals surface area contributed by atoms with Gasteiger partial charge >= 0.3 is 0 Å². The van der Waals surface area contributed by atoms with Crippen molar-refractivity contribution in [3.05, 3.63) is 35.4 Å². The second-order valence-corrected chi connectivity index (χ2v) is 7.38. The van der Waals surface area contributed by atoms with E-state index in [9.17, 15) is 15.3 Å². The zero-order valence-corrected chi connectivity index (χ0v) is 14.1. The Morgan fingerprint density at radius 2 is 1.65 bits per heavy atom. The Labute approximate surface area is 139 Å². The zero-order chi connectivity index (χ0) is 16.9. The third kappa shape index (κ3) is 5.01. The van der Waals surface area contributed by atoms with Crippen molar-refractivity contribution in [2.24, 2.45) is 17.6 Å². The maximum Gasteiger partial charge on any atom is 0.0818 e. The first-order valence-electron chi connectivity index (χ1n) is 8.75. The number of benzene rings is 1. The highest BCUT2D eigenvalue weighted by Crippen LogP contribution is 2.36. The van der Waals surface area contributed by atoms with E-state index >= 15 is 0 Å². The second kappa shape index (κ2) is 8.25. The van der Waals surface area contributed by atoms with E-state index in [1.165, 1.54) is 12.8 Å². The molecular formula is C19H31NO3. The number of aryl methyl sites for hydroxylation is 1. The fraction of sp³-hybridized carbons (Fsp3) is 0.684. The van der Waals surface area contributed by atoms with Crippen molar-refractivity contribution in [2.75, 3.05) is 13.2 Å². The molecule has 1 aromatic rings. The number of hydrogen-bond donors (Lipinski definition) is 4. The van der Waals surface area contributed by atoms with Crippen LogP contribution in [0, 0.1) is 11.8 Å². The van der Waals surface area contributed by atoms with E-state index in [1.54, 1.807) is 0 Å². The van der Waals surface area contributed by atoms with Gasteiger partial charge in [0, 0.05) is 0 Å². The quantitative estimate of drug-likeness (QED) is 0.620. The highest BCUT2D eigenvalue weighted by molar-refractivity contribution is 5.25. The molecule has 0 amide bonds. The van der Waals surface area contributed by atoms with Crippen molar-refractivity contribution in [3.8, 4) is 0 Å². The average Bonchev–Trinajstić information content (AvgIpc) is 2.60. The summed E-state index contributed by atoms with van der Waals surface area (Å²) in [6.45, 7) is 1.84. The van der Waals surface area contributed by atoms with Crippen molar-refractivity contribution in [1.82, 2.24) is 0 Å². The topological polar surface area (TPSA) is 86.7 Å². The van der Waals surface area contributed by atoms with E-state index in [2.05, 4.69) is 6.92 Å². The Morgan fingerprint density at radius 1 is 1.09 bits per heavy atom. The standard InChI is InChI=1S/C19H31NO3/c1-14-2-6-16(7-3-14)18(23)17-8-4-15(5-9-17)10-11-19(20,12-21)13-22/h4-5,8-9,14,16,18,21-23H,2-3,6-7,10-13,20H2,1H3. The molecule has 5 N–H and O–H groups in total. The number of aliphatic hydroxyl groups is 3. The third-order valence-corrected chi connectivity index (χ3v) is 5.37.